The first kappa shape index (κ1) is 13.8. The smallest absolute Gasteiger partial charge is 0.256 e. The molecule has 2 atom stereocenters. The fourth-order valence-electron chi connectivity index (χ4n) is 3.33. The Morgan fingerprint density at radius 1 is 1.27 bits per heavy atom. The molecule has 3 nitrogen and oxygen atoms in total. The zero-order valence-electron chi connectivity index (χ0n) is 12.3. The third-order valence-corrected chi connectivity index (χ3v) is 5.69. The molecule has 0 radical (unpaired) electrons. The summed E-state index contributed by atoms with van der Waals surface area (Å²) in [6, 6.07) is 6.55. The lowest BCUT2D eigenvalue weighted by Crippen LogP contribution is -2.38. The molecule has 1 aromatic carbocycles. The van der Waals surface area contributed by atoms with E-state index in [0.717, 1.165) is 29.8 Å². The van der Waals surface area contributed by atoms with Crippen molar-refractivity contribution in [1.82, 2.24) is 5.32 Å². The zero-order valence-corrected chi connectivity index (χ0v) is 13.1. The van der Waals surface area contributed by atoms with Crippen molar-refractivity contribution in [1.29, 1.82) is 0 Å². The van der Waals surface area contributed by atoms with E-state index in [4.69, 9.17) is 0 Å². The number of hydrogen-bond acceptors (Lipinski definition) is 3. The molecule has 1 aliphatic carbocycles. The topological polar surface area (TPSA) is 41.1 Å². The van der Waals surface area contributed by atoms with Crippen molar-refractivity contribution in [2.75, 3.05) is 5.32 Å². The lowest BCUT2D eigenvalue weighted by Gasteiger charge is -2.27. The van der Waals surface area contributed by atoms with Crippen LogP contribution in [0.5, 0.6) is 0 Å². The number of thiophene rings is 1. The van der Waals surface area contributed by atoms with E-state index in [-0.39, 0.29) is 11.7 Å². The largest absolute Gasteiger partial charge is 0.353 e. The van der Waals surface area contributed by atoms with Crippen LogP contribution >= 0.6 is 11.3 Å². The molecule has 0 bridgehead atoms. The quantitative estimate of drug-likeness (QED) is 0.838. The number of fused-ring (bicyclic) bond motifs is 3. The van der Waals surface area contributed by atoms with Gasteiger partial charge in [-0.1, -0.05) is 25.1 Å². The summed E-state index contributed by atoms with van der Waals surface area (Å²) in [5.74, 6) is 0.269. The van der Waals surface area contributed by atoms with Gasteiger partial charge in [-0.3, -0.25) is 4.79 Å². The molecule has 1 aliphatic heterocycles. The van der Waals surface area contributed by atoms with Crippen LogP contribution in [0.25, 0.3) is 0 Å². The highest BCUT2D eigenvalue weighted by molar-refractivity contribution is 7.16. The number of halogens is 1. The van der Waals surface area contributed by atoms with Gasteiger partial charge in [-0.05, 0) is 36.8 Å². The molecular weight excluding hydrogens is 299 g/mol. The Labute approximate surface area is 132 Å². The second-order valence-electron chi connectivity index (χ2n) is 6.13. The molecule has 2 heterocycles. The minimum absolute atomic E-state index is 0.0888. The maximum Gasteiger partial charge on any atom is 0.256 e. The Hall–Kier alpha value is -1.88. The number of rotatable bonds is 1. The molecule has 0 saturated carbocycles. The van der Waals surface area contributed by atoms with E-state index in [1.54, 1.807) is 29.5 Å². The minimum Gasteiger partial charge on any atom is -0.353 e. The molecule has 0 saturated heterocycles. The van der Waals surface area contributed by atoms with E-state index in [1.165, 1.54) is 16.5 Å². The number of nitrogens with one attached hydrogen (secondary N) is 2. The first-order valence-corrected chi connectivity index (χ1v) is 8.41. The molecule has 1 amide bonds. The first-order valence-electron chi connectivity index (χ1n) is 7.60. The summed E-state index contributed by atoms with van der Waals surface area (Å²) in [4.78, 5) is 13.8. The number of anilines is 1. The number of carbonyl (C=O) groups excluding carboxylic acids is 1. The summed E-state index contributed by atoms with van der Waals surface area (Å²) in [6.07, 6.45) is 2.62. The number of carbonyl (C=O) groups is 1. The summed E-state index contributed by atoms with van der Waals surface area (Å²) < 4.78 is 14.0. The Kier molecular flexibility index (Phi) is 3.18. The SMILES string of the molecule is C[C@H]1CCc2c(sc3c2C(=O)N[C@H](c2ccccc2F)N3)C1. The van der Waals surface area contributed by atoms with Crippen molar-refractivity contribution in [3.63, 3.8) is 0 Å². The van der Waals surface area contributed by atoms with E-state index in [9.17, 15) is 9.18 Å². The molecule has 5 heteroatoms. The predicted octanol–water partition coefficient (Wildman–Crippen LogP) is 3.87. The highest BCUT2D eigenvalue weighted by Crippen LogP contribution is 2.42. The van der Waals surface area contributed by atoms with Crippen molar-refractivity contribution in [3.05, 3.63) is 51.7 Å². The van der Waals surface area contributed by atoms with Crippen LogP contribution < -0.4 is 10.6 Å². The molecule has 22 heavy (non-hydrogen) atoms. The Morgan fingerprint density at radius 2 is 2.09 bits per heavy atom. The number of amides is 1. The van der Waals surface area contributed by atoms with Crippen molar-refractivity contribution < 1.29 is 9.18 Å². The van der Waals surface area contributed by atoms with E-state index in [0.29, 0.717) is 11.5 Å². The molecule has 114 valence electrons. The molecule has 1 aromatic heterocycles. The Bertz CT molecular complexity index is 755. The van der Waals surface area contributed by atoms with Gasteiger partial charge in [-0.2, -0.15) is 0 Å². The molecule has 2 N–H and O–H groups in total. The molecule has 0 fully saturated rings. The van der Waals surface area contributed by atoms with Gasteiger partial charge in [0.2, 0.25) is 0 Å². The number of hydrogen-bond donors (Lipinski definition) is 2. The Balaban J connectivity index is 1.73. The Morgan fingerprint density at radius 3 is 2.91 bits per heavy atom. The fraction of sp³-hybridized carbons (Fsp3) is 0.353. The van der Waals surface area contributed by atoms with Gasteiger partial charge in [0.1, 0.15) is 17.0 Å². The molecule has 2 aliphatic rings. The van der Waals surface area contributed by atoms with Gasteiger partial charge in [-0.25, -0.2) is 4.39 Å². The van der Waals surface area contributed by atoms with Crippen molar-refractivity contribution >= 4 is 22.2 Å². The van der Waals surface area contributed by atoms with Gasteiger partial charge in [0.25, 0.3) is 5.91 Å². The maximum absolute atomic E-state index is 14.0. The van der Waals surface area contributed by atoms with E-state index in [1.807, 2.05) is 0 Å². The summed E-state index contributed by atoms with van der Waals surface area (Å²) in [7, 11) is 0. The summed E-state index contributed by atoms with van der Waals surface area (Å²) in [5.41, 5.74) is 2.44. The molecule has 0 spiro atoms. The molecular formula is C17H17FN2OS. The van der Waals surface area contributed by atoms with Crippen LogP contribution in [-0.4, -0.2) is 5.91 Å². The predicted molar refractivity (Wildman–Crippen MR) is 85.7 cm³/mol. The summed E-state index contributed by atoms with van der Waals surface area (Å²) in [6.45, 7) is 2.25. The van der Waals surface area contributed by atoms with Gasteiger partial charge in [0, 0.05) is 10.4 Å². The number of benzene rings is 1. The lowest BCUT2D eigenvalue weighted by molar-refractivity contribution is 0.0934. The lowest BCUT2D eigenvalue weighted by atomic mass is 9.88. The van der Waals surface area contributed by atoms with Crippen molar-refractivity contribution in [2.45, 2.75) is 32.4 Å². The van der Waals surface area contributed by atoms with Crippen LogP contribution in [0.1, 0.15) is 45.9 Å². The second kappa shape index (κ2) is 5.09. The highest BCUT2D eigenvalue weighted by atomic mass is 32.1. The van der Waals surface area contributed by atoms with Gasteiger partial charge < -0.3 is 10.6 Å². The second-order valence-corrected chi connectivity index (χ2v) is 7.23. The fourth-order valence-corrected chi connectivity index (χ4v) is 4.76. The van der Waals surface area contributed by atoms with Crippen LogP contribution in [0.15, 0.2) is 24.3 Å². The normalized spacial score (nSPS) is 23.3. The van der Waals surface area contributed by atoms with E-state index >= 15 is 0 Å². The van der Waals surface area contributed by atoms with Crippen LogP contribution in [0.4, 0.5) is 9.39 Å². The minimum atomic E-state index is -0.501. The highest BCUT2D eigenvalue weighted by Gasteiger charge is 2.33. The summed E-state index contributed by atoms with van der Waals surface area (Å²) in [5, 5.41) is 7.08. The van der Waals surface area contributed by atoms with Gasteiger partial charge in [0.15, 0.2) is 0 Å². The van der Waals surface area contributed by atoms with Gasteiger partial charge in [0.05, 0.1) is 5.56 Å². The first-order chi connectivity index (χ1) is 10.6. The molecule has 4 rings (SSSR count). The van der Waals surface area contributed by atoms with Gasteiger partial charge in [-0.15, -0.1) is 11.3 Å². The third-order valence-electron chi connectivity index (χ3n) is 4.51. The van der Waals surface area contributed by atoms with Crippen LogP contribution in [0.3, 0.4) is 0 Å². The van der Waals surface area contributed by atoms with Crippen molar-refractivity contribution in [2.24, 2.45) is 5.92 Å². The van der Waals surface area contributed by atoms with Crippen LogP contribution in [0.2, 0.25) is 0 Å². The zero-order chi connectivity index (χ0) is 15.3. The standard InChI is InChI=1S/C17H17FN2OS/c1-9-6-7-11-13(8-9)22-17-14(11)16(21)19-15(20-17)10-4-2-3-5-12(10)18/h2-5,9,15,20H,6-8H2,1H3,(H,19,21)/t9-,15-/m0/s1. The molecule has 2 aromatic rings. The van der Waals surface area contributed by atoms with E-state index < -0.39 is 6.17 Å². The molecule has 0 unspecified atom stereocenters. The van der Waals surface area contributed by atoms with Crippen LogP contribution in [0, 0.1) is 11.7 Å². The monoisotopic (exact) mass is 316 g/mol. The van der Waals surface area contributed by atoms with Crippen molar-refractivity contribution in [3.8, 4) is 0 Å². The average molecular weight is 316 g/mol. The van der Waals surface area contributed by atoms with Crippen LogP contribution in [-0.2, 0) is 12.8 Å². The average Bonchev–Trinajstić information content (AvgIpc) is 2.85. The summed E-state index contributed by atoms with van der Waals surface area (Å²) >= 11 is 1.66. The maximum atomic E-state index is 14.0. The van der Waals surface area contributed by atoms with Gasteiger partial charge >= 0.3 is 0 Å². The third kappa shape index (κ3) is 2.11. The van der Waals surface area contributed by atoms with E-state index in [2.05, 4.69) is 17.6 Å².